The van der Waals surface area contributed by atoms with Gasteiger partial charge in [0.15, 0.2) is 6.39 Å². The van der Waals surface area contributed by atoms with Crippen LogP contribution in [0.1, 0.15) is 28.7 Å². The molecule has 23 heavy (non-hydrogen) atoms. The van der Waals surface area contributed by atoms with Crippen molar-refractivity contribution >= 4 is 0 Å². The van der Waals surface area contributed by atoms with Crippen LogP contribution in [0.2, 0.25) is 0 Å². The Morgan fingerprint density at radius 2 is 1.87 bits per heavy atom. The molecule has 0 fully saturated rings. The van der Waals surface area contributed by atoms with E-state index >= 15 is 0 Å². The second-order valence-electron chi connectivity index (χ2n) is 5.23. The Hall–Kier alpha value is -3.06. The molecule has 4 nitrogen and oxygen atoms in total. The van der Waals surface area contributed by atoms with Crippen molar-refractivity contribution in [2.24, 2.45) is 0 Å². The van der Waals surface area contributed by atoms with E-state index in [1.807, 2.05) is 25.1 Å². The maximum atomic E-state index is 8.88. The van der Waals surface area contributed by atoms with Crippen LogP contribution in [0, 0.1) is 18.3 Å². The summed E-state index contributed by atoms with van der Waals surface area (Å²) in [5, 5.41) is 8.88. The van der Waals surface area contributed by atoms with Gasteiger partial charge in [-0.1, -0.05) is 30.3 Å². The second-order valence-corrected chi connectivity index (χ2v) is 5.23. The maximum Gasteiger partial charge on any atom is 0.181 e. The molecule has 0 amide bonds. The first-order chi connectivity index (χ1) is 11.3. The summed E-state index contributed by atoms with van der Waals surface area (Å²) >= 11 is 0. The molecule has 0 saturated heterocycles. The summed E-state index contributed by atoms with van der Waals surface area (Å²) in [4.78, 5) is 4.30. The van der Waals surface area contributed by atoms with Crippen molar-refractivity contribution in [3.8, 4) is 11.8 Å². The third kappa shape index (κ3) is 3.58. The number of benzene rings is 2. The van der Waals surface area contributed by atoms with Gasteiger partial charge in [-0.05, 0) is 36.8 Å². The lowest BCUT2D eigenvalue weighted by Crippen LogP contribution is -2.12. The Morgan fingerprint density at radius 1 is 1.13 bits per heavy atom. The first-order valence-corrected chi connectivity index (χ1v) is 7.37. The van der Waals surface area contributed by atoms with Gasteiger partial charge >= 0.3 is 0 Å². The Morgan fingerprint density at radius 3 is 2.48 bits per heavy atom. The third-order valence-corrected chi connectivity index (χ3v) is 3.61. The SMILES string of the molecule is Cc1ocnc1C(Cc1ccccc1)Oc1ccc(C#N)cc1. The molecule has 1 atom stereocenters. The summed E-state index contributed by atoms with van der Waals surface area (Å²) in [6, 6.07) is 19.3. The largest absolute Gasteiger partial charge is 0.484 e. The number of hydrogen-bond donors (Lipinski definition) is 0. The standard InChI is InChI=1S/C19H16N2O2/c1-14-19(21-13-22-14)18(11-15-5-3-2-4-6-15)23-17-9-7-16(12-20)8-10-17/h2-10,13,18H,11H2,1H3. The second kappa shape index (κ2) is 6.80. The molecular weight excluding hydrogens is 288 g/mol. The lowest BCUT2D eigenvalue weighted by molar-refractivity contribution is 0.200. The highest BCUT2D eigenvalue weighted by molar-refractivity contribution is 5.35. The molecule has 3 rings (SSSR count). The maximum absolute atomic E-state index is 8.88. The fourth-order valence-corrected chi connectivity index (χ4v) is 2.42. The number of nitrogens with zero attached hydrogens (tertiary/aromatic N) is 2. The van der Waals surface area contributed by atoms with Gasteiger partial charge in [-0.25, -0.2) is 4.98 Å². The number of ether oxygens (including phenoxy) is 1. The molecule has 0 N–H and O–H groups in total. The number of aromatic nitrogens is 1. The van der Waals surface area contributed by atoms with E-state index < -0.39 is 0 Å². The van der Waals surface area contributed by atoms with E-state index in [0.717, 1.165) is 17.0 Å². The van der Waals surface area contributed by atoms with Gasteiger partial charge in [-0.3, -0.25) is 0 Å². The normalized spacial score (nSPS) is 11.7. The zero-order chi connectivity index (χ0) is 16.1. The zero-order valence-electron chi connectivity index (χ0n) is 12.8. The van der Waals surface area contributed by atoms with Crippen molar-refractivity contribution < 1.29 is 9.15 Å². The number of aryl methyl sites for hydroxylation is 1. The van der Waals surface area contributed by atoms with Crippen molar-refractivity contribution in [3.63, 3.8) is 0 Å². The Kier molecular flexibility index (Phi) is 4.39. The van der Waals surface area contributed by atoms with Gasteiger partial charge in [-0.2, -0.15) is 5.26 Å². The Labute approximate surface area is 135 Å². The lowest BCUT2D eigenvalue weighted by atomic mass is 10.0. The molecule has 2 aromatic carbocycles. The third-order valence-electron chi connectivity index (χ3n) is 3.61. The van der Waals surface area contributed by atoms with E-state index in [-0.39, 0.29) is 6.10 Å². The summed E-state index contributed by atoms with van der Waals surface area (Å²) in [6.07, 6.45) is 1.88. The van der Waals surface area contributed by atoms with E-state index in [9.17, 15) is 0 Å². The van der Waals surface area contributed by atoms with Crippen LogP contribution in [0.4, 0.5) is 0 Å². The van der Waals surface area contributed by atoms with Crippen molar-refractivity contribution in [2.45, 2.75) is 19.4 Å². The molecular formula is C19H16N2O2. The van der Waals surface area contributed by atoms with Crippen molar-refractivity contribution in [1.29, 1.82) is 5.26 Å². The lowest BCUT2D eigenvalue weighted by Gasteiger charge is -2.18. The first kappa shape index (κ1) is 14.9. The van der Waals surface area contributed by atoms with Crippen LogP contribution in [-0.4, -0.2) is 4.98 Å². The van der Waals surface area contributed by atoms with Crippen molar-refractivity contribution in [2.75, 3.05) is 0 Å². The molecule has 3 aromatic rings. The predicted octanol–water partition coefficient (Wildman–Crippen LogP) is 4.22. The van der Waals surface area contributed by atoms with Gasteiger partial charge in [0.05, 0.1) is 11.6 Å². The van der Waals surface area contributed by atoms with Crippen LogP contribution in [0.5, 0.6) is 5.75 Å². The number of hydrogen-bond acceptors (Lipinski definition) is 4. The Bertz CT molecular complexity index is 801. The molecule has 0 aliphatic heterocycles. The summed E-state index contributed by atoms with van der Waals surface area (Å²) in [7, 11) is 0. The monoisotopic (exact) mass is 304 g/mol. The molecule has 114 valence electrons. The molecule has 1 aromatic heterocycles. The highest BCUT2D eigenvalue weighted by Gasteiger charge is 2.20. The fourth-order valence-electron chi connectivity index (χ4n) is 2.42. The summed E-state index contributed by atoms with van der Waals surface area (Å²) in [5.41, 5.74) is 2.56. The fraction of sp³-hybridized carbons (Fsp3) is 0.158. The van der Waals surface area contributed by atoms with Gasteiger partial charge in [0, 0.05) is 6.42 Å². The van der Waals surface area contributed by atoms with E-state index in [1.54, 1.807) is 24.3 Å². The minimum Gasteiger partial charge on any atom is -0.484 e. The van der Waals surface area contributed by atoms with E-state index in [4.69, 9.17) is 14.4 Å². The number of oxazole rings is 1. The van der Waals surface area contributed by atoms with Crippen LogP contribution in [-0.2, 0) is 6.42 Å². The highest BCUT2D eigenvalue weighted by atomic mass is 16.5. The van der Waals surface area contributed by atoms with E-state index in [1.165, 1.54) is 6.39 Å². The molecule has 0 saturated carbocycles. The zero-order valence-corrected chi connectivity index (χ0v) is 12.8. The van der Waals surface area contributed by atoms with E-state index in [2.05, 4.69) is 23.2 Å². The van der Waals surface area contributed by atoms with Gasteiger partial charge < -0.3 is 9.15 Å². The van der Waals surface area contributed by atoms with Crippen LogP contribution < -0.4 is 4.74 Å². The predicted molar refractivity (Wildman–Crippen MR) is 85.9 cm³/mol. The molecule has 0 aliphatic rings. The number of rotatable bonds is 5. The average molecular weight is 304 g/mol. The quantitative estimate of drug-likeness (QED) is 0.708. The molecule has 0 radical (unpaired) electrons. The molecule has 1 unspecified atom stereocenters. The van der Waals surface area contributed by atoms with Crippen molar-refractivity contribution in [3.05, 3.63) is 83.6 Å². The molecule has 0 aliphatic carbocycles. The van der Waals surface area contributed by atoms with Crippen molar-refractivity contribution in [1.82, 2.24) is 4.98 Å². The van der Waals surface area contributed by atoms with E-state index in [0.29, 0.717) is 17.7 Å². The van der Waals surface area contributed by atoms with Gasteiger partial charge in [-0.15, -0.1) is 0 Å². The summed E-state index contributed by atoms with van der Waals surface area (Å²) < 4.78 is 11.4. The first-order valence-electron chi connectivity index (χ1n) is 7.37. The summed E-state index contributed by atoms with van der Waals surface area (Å²) in [5.74, 6) is 1.45. The average Bonchev–Trinajstić information content (AvgIpc) is 3.02. The molecule has 1 heterocycles. The minimum absolute atomic E-state index is 0.246. The number of nitriles is 1. The smallest absolute Gasteiger partial charge is 0.181 e. The van der Waals surface area contributed by atoms with Crippen LogP contribution in [0.15, 0.2) is 65.4 Å². The van der Waals surface area contributed by atoms with Crippen LogP contribution in [0.3, 0.4) is 0 Å². The van der Waals surface area contributed by atoms with Gasteiger partial charge in [0.2, 0.25) is 0 Å². The van der Waals surface area contributed by atoms with Gasteiger partial charge in [0.25, 0.3) is 0 Å². The van der Waals surface area contributed by atoms with Crippen LogP contribution >= 0.6 is 0 Å². The minimum atomic E-state index is -0.246. The topological polar surface area (TPSA) is 59.1 Å². The molecule has 0 bridgehead atoms. The molecule has 4 heteroatoms. The Balaban J connectivity index is 1.85. The summed E-state index contributed by atoms with van der Waals surface area (Å²) in [6.45, 7) is 1.88. The highest BCUT2D eigenvalue weighted by Crippen LogP contribution is 2.27. The van der Waals surface area contributed by atoms with Crippen LogP contribution in [0.25, 0.3) is 0 Å². The van der Waals surface area contributed by atoms with Gasteiger partial charge in [0.1, 0.15) is 23.3 Å². The molecule has 0 spiro atoms.